The van der Waals surface area contributed by atoms with E-state index < -0.39 is 0 Å². The quantitative estimate of drug-likeness (QED) is 0.794. The minimum atomic E-state index is -0.155. The fraction of sp³-hybridized carbons (Fsp3) is 0.500. The Balaban J connectivity index is 2.06. The zero-order valence-corrected chi connectivity index (χ0v) is 11.5. The summed E-state index contributed by atoms with van der Waals surface area (Å²) in [6.07, 6.45) is 3.39. The van der Waals surface area contributed by atoms with Crippen molar-refractivity contribution in [3.05, 3.63) is 27.2 Å². The van der Waals surface area contributed by atoms with Crippen molar-refractivity contribution in [1.29, 1.82) is 0 Å². The summed E-state index contributed by atoms with van der Waals surface area (Å²) in [6, 6.07) is 3.73. The minimum absolute atomic E-state index is 0.155. The number of halogens is 3. The molecule has 0 amide bonds. The maximum Gasteiger partial charge on any atom is 0.0653 e. The third-order valence-electron chi connectivity index (χ3n) is 3.07. The van der Waals surface area contributed by atoms with E-state index in [0.29, 0.717) is 21.1 Å². The Morgan fingerprint density at radius 2 is 1.53 bits per heavy atom. The van der Waals surface area contributed by atoms with Crippen LogP contribution in [0.5, 0.6) is 0 Å². The van der Waals surface area contributed by atoms with Crippen molar-refractivity contribution in [2.75, 3.05) is 5.32 Å². The van der Waals surface area contributed by atoms with E-state index in [1.165, 1.54) is 0 Å². The van der Waals surface area contributed by atoms with Crippen LogP contribution in [0.1, 0.15) is 25.7 Å². The average Bonchev–Trinajstić information content (AvgIpc) is 2.29. The van der Waals surface area contributed by atoms with Gasteiger partial charge in [-0.1, -0.05) is 34.8 Å². The Kier molecular flexibility index (Phi) is 4.42. The molecule has 0 aliphatic heterocycles. The molecule has 0 atom stereocenters. The highest BCUT2D eigenvalue weighted by molar-refractivity contribution is 6.44. The third kappa shape index (κ3) is 3.41. The van der Waals surface area contributed by atoms with Crippen LogP contribution in [0.3, 0.4) is 0 Å². The lowest BCUT2D eigenvalue weighted by atomic mass is 9.93. The number of hydrogen-bond acceptors (Lipinski definition) is 2. The van der Waals surface area contributed by atoms with E-state index in [-0.39, 0.29) is 6.10 Å². The minimum Gasteiger partial charge on any atom is -0.393 e. The molecule has 0 spiro atoms. The molecular formula is C12H14Cl3NO. The van der Waals surface area contributed by atoms with Gasteiger partial charge in [0.05, 0.1) is 26.9 Å². The highest BCUT2D eigenvalue weighted by Gasteiger charge is 2.20. The van der Waals surface area contributed by atoms with Crippen molar-refractivity contribution < 1.29 is 5.11 Å². The molecule has 2 nitrogen and oxygen atoms in total. The average molecular weight is 295 g/mol. The van der Waals surface area contributed by atoms with Gasteiger partial charge < -0.3 is 10.4 Å². The summed E-state index contributed by atoms with van der Waals surface area (Å²) in [5.41, 5.74) is 0.808. The molecule has 1 aliphatic rings. The van der Waals surface area contributed by atoms with Crippen LogP contribution in [0.15, 0.2) is 12.1 Å². The van der Waals surface area contributed by atoms with Crippen LogP contribution in [-0.4, -0.2) is 17.3 Å². The van der Waals surface area contributed by atoms with Gasteiger partial charge in [0, 0.05) is 6.04 Å². The predicted octanol–water partition coefficient (Wildman–Crippen LogP) is 4.36. The van der Waals surface area contributed by atoms with Gasteiger partial charge in [0.2, 0.25) is 0 Å². The van der Waals surface area contributed by atoms with Crippen molar-refractivity contribution >= 4 is 40.5 Å². The lowest BCUT2D eigenvalue weighted by Gasteiger charge is -2.27. The first kappa shape index (κ1) is 13.3. The normalized spacial score (nSPS) is 24.7. The Morgan fingerprint density at radius 3 is 2.18 bits per heavy atom. The van der Waals surface area contributed by atoms with Crippen molar-refractivity contribution in [3.63, 3.8) is 0 Å². The summed E-state index contributed by atoms with van der Waals surface area (Å²) in [6.45, 7) is 0. The monoisotopic (exact) mass is 293 g/mol. The highest BCUT2D eigenvalue weighted by Crippen LogP contribution is 2.33. The van der Waals surface area contributed by atoms with Gasteiger partial charge >= 0.3 is 0 Å². The molecule has 1 aliphatic carbocycles. The maximum absolute atomic E-state index is 9.44. The molecule has 0 unspecified atom stereocenters. The van der Waals surface area contributed by atoms with Crippen molar-refractivity contribution in [2.45, 2.75) is 37.8 Å². The molecule has 0 saturated heterocycles. The van der Waals surface area contributed by atoms with E-state index in [4.69, 9.17) is 34.8 Å². The first-order valence-corrected chi connectivity index (χ1v) is 6.79. The summed E-state index contributed by atoms with van der Waals surface area (Å²) in [7, 11) is 0. The summed E-state index contributed by atoms with van der Waals surface area (Å²) in [5.74, 6) is 0. The van der Waals surface area contributed by atoms with Gasteiger partial charge in [0.1, 0.15) is 0 Å². The second kappa shape index (κ2) is 5.66. The summed E-state index contributed by atoms with van der Waals surface area (Å²) in [5, 5.41) is 14.3. The highest BCUT2D eigenvalue weighted by atomic mass is 35.5. The van der Waals surface area contributed by atoms with E-state index >= 15 is 0 Å². The van der Waals surface area contributed by atoms with Crippen LogP contribution in [0.25, 0.3) is 0 Å². The maximum atomic E-state index is 9.44. The molecule has 5 heteroatoms. The first-order chi connectivity index (χ1) is 8.06. The van der Waals surface area contributed by atoms with Crippen LogP contribution in [0.4, 0.5) is 5.69 Å². The molecule has 17 heavy (non-hydrogen) atoms. The van der Waals surface area contributed by atoms with E-state index in [9.17, 15) is 5.11 Å². The number of nitrogens with one attached hydrogen (secondary N) is 1. The largest absolute Gasteiger partial charge is 0.393 e. The zero-order chi connectivity index (χ0) is 12.4. The number of hydrogen-bond donors (Lipinski definition) is 2. The van der Waals surface area contributed by atoms with E-state index in [0.717, 1.165) is 31.4 Å². The van der Waals surface area contributed by atoms with Crippen molar-refractivity contribution in [2.24, 2.45) is 0 Å². The number of anilines is 1. The van der Waals surface area contributed by atoms with Gasteiger partial charge in [-0.25, -0.2) is 0 Å². The molecule has 2 N–H and O–H groups in total. The molecule has 1 aromatic rings. The van der Waals surface area contributed by atoms with Gasteiger partial charge in [0.25, 0.3) is 0 Å². The fourth-order valence-electron chi connectivity index (χ4n) is 2.07. The van der Waals surface area contributed by atoms with Crippen molar-refractivity contribution in [3.8, 4) is 0 Å². The molecule has 0 aromatic heterocycles. The van der Waals surface area contributed by atoms with Crippen LogP contribution in [0.2, 0.25) is 15.1 Å². The zero-order valence-electron chi connectivity index (χ0n) is 9.22. The Hall–Kier alpha value is -0.150. The van der Waals surface area contributed by atoms with E-state index in [1.54, 1.807) is 12.1 Å². The van der Waals surface area contributed by atoms with Gasteiger partial charge in [-0.3, -0.25) is 0 Å². The Bertz CT molecular complexity index is 403. The van der Waals surface area contributed by atoms with Crippen LogP contribution >= 0.6 is 34.8 Å². The smallest absolute Gasteiger partial charge is 0.0653 e. The summed E-state index contributed by atoms with van der Waals surface area (Å²) < 4.78 is 0. The van der Waals surface area contributed by atoms with Gasteiger partial charge in [0.15, 0.2) is 0 Å². The molecule has 1 saturated carbocycles. The predicted molar refractivity (Wildman–Crippen MR) is 73.4 cm³/mol. The fourth-order valence-corrected chi connectivity index (χ4v) is 2.67. The molecule has 0 heterocycles. The van der Waals surface area contributed by atoms with Gasteiger partial charge in [-0.05, 0) is 37.8 Å². The van der Waals surface area contributed by atoms with Crippen molar-refractivity contribution in [1.82, 2.24) is 0 Å². The van der Waals surface area contributed by atoms with E-state index in [2.05, 4.69) is 5.32 Å². The molecule has 0 radical (unpaired) electrons. The number of rotatable bonds is 2. The molecule has 2 rings (SSSR count). The lowest BCUT2D eigenvalue weighted by molar-refractivity contribution is 0.126. The van der Waals surface area contributed by atoms with Crippen LogP contribution < -0.4 is 5.32 Å². The SMILES string of the molecule is OC1CCC(Nc2cc(Cl)c(Cl)cc2Cl)CC1. The number of aliphatic hydroxyl groups is 1. The van der Waals surface area contributed by atoms with Crippen LogP contribution in [0, 0.1) is 0 Å². The van der Waals surface area contributed by atoms with E-state index in [1.807, 2.05) is 0 Å². The molecular weight excluding hydrogens is 280 g/mol. The Labute approximate surface area is 116 Å². The molecule has 1 aromatic carbocycles. The lowest BCUT2D eigenvalue weighted by Crippen LogP contribution is -2.28. The Morgan fingerprint density at radius 1 is 0.941 bits per heavy atom. The first-order valence-electron chi connectivity index (χ1n) is 5.65. The second-order valence-corrected chi connectivity index (χ2v) is 5.62. The number of benzene rings is 1. The molecule has 94 valence electrons. The second-order valence-electron chi connectivity index (χ2n) is 4.40. The summed E-state index contributed by atoms with van der Waals surface area (Å²) in [4.78, 5) is 0. The molecule has 1 fully saturated rings. The topological polar surface area (TPSA) is 32.3 Å². The van der Waals surface area contributed by atoms with Gasteiger partial charge in [-0.2, -0.15) is 0 Å². The third-order valence-corrected chi connectivity index (χ3v) is 4.10. The summed E-state index contributed by atoms with van der Waals surface area (Å²) >= 11 is 17.9. The van der Waals surface area contributed by atoms with Crippen LogP contribution in [-0.2, 0) is 0 Å². The molecule has 0 bridgehead atoms. The number of aliphatic hydroxyl groups excluding tert-OH is 1. The standard InChI is InChI=1S/C12H14Cl3NO/c13-9-5-11(15)12(6-10(9)14)16-7-1-3-8(17)4-2-7/h5-8,16-17H,1-4H2. The van der Waals surface area contributed by atoms with Gasteiger partial charge in [-0.15, -0.1) is 0 Å².